The van der Waals surface area contributed by atoms with E-state index in [0.717, 1.165) is 24.3 Å². The zero-order valence-electron chi connectivity index (χ0n) is 12.5. The van der Waals surface area contributed by atoms with Crippen LogP contribution in [0.4, 0.5) is 0 Å². The minimum atomic E-state index is -0.696. The summed E-state index contributed by atoms with van der Waals surface area (Å²) in [6, 6.07) is 0.429. The lowest BCUT2D eigenvalue weighted by molar-refractivity contribution is -0.149. The molecule has 1 N–H and O–H groups in total. The van der Waals surface area contributed by atoms with Gasteiger partial charge in [0, 0.05) is 11.8 Å². The van der Waals surface area contributed by atoms with E-state index < -0.39 is 5.54 Å². The zero-order valence-corrected chi connectivity index (χ0v) is 13.3. The predicted octanol–water partition coefficient (Wildman–Crippen LogP) is 2.46. The van der Waals surface area contributed by atoms with Gasteiger partial charge in [-0.3, -0.25) is 10.1 Å². The van der Waals surface area contributed by atoms with Gasteiger partial charge in [-0.2, -0.15) is 0 Å². The molecule has 2 rings (SSSR count). The fraction of sp³-hybridized carbons (Fsp3) is 0.714. The second kappa shape index (κ2) is 6.18. The van der Waals surface area contributed by atoms with Gasteiger partial charge in [-0.25, -0.2) is 4.98 Å². The number of oxazole rings is 1. The van der Waals surface area contributed by atoms with E-state index in [1.807, 2.05) is 27.7 Å². The SMILES string of the molecule is CCOC(=O)C(C)(CSc1nc(C)c(C)o1)NC1CC1. The first kappa shape index (κ1) is 15.4. The quantitative estimate of drug-likeness (QED) is 0.616. The van der Waals surface area contributed by atoms with Crippen LogP contribution < -0.4 is 5.32 Å². The molecule has 5 nitrogen and oxygen atoms in total. The van der Waals surface area contributed by atoms with Crippen LogP contribution in [-0.4, -0.2) is 34.9 Å². The summed E-state index contributed by atoms with van der Waals surface area (Å²) in [6.45, 7) is 7.90. The van der Waals surface area contributed by atoms with Crippen molar-refractivity contribution >= 4 is 17.7 Å². The molecule has 1 aliphatic rings. The van der Waals surface area contributed by atoms with Crippen LogP contribution in [0, 0.1) is 13.8 Å². The summed E-state index contributed by atoms with van der Waals surface area (Å²) in [4.78, 5) is 16.5. The van der Waals surface area contributed by atoms with Crippen molar-refractivity contribution in [1.29, 1.82) is 0 Å². The van der Waals surface area contributed by atoms with Crippen molar-refractivity contribution in [3.8, 4) is 0 Å². The molecule has 0 aliphatic heterocycles. The Morgan fingerprint density at radius 2 is 2.25 bits per heavy atom. The summed E-state index contributed by atoms with van der Waals surface area (Å²) in [7, 11) is 0. The van der Waals surface area contributed by atoms with Crippen molar-refractivity contribution in [3.05, 3.63) is 11.5 Å². The van der Waals surface area contributed by atoms with E-state index in [4.69, 9.17) is 9.15 Å². The van der Waals surface area contributed by atoms with E-state index in [9.17, 15) is 4.79 Å². The first-order chi connectivity index (χ1) is 9.44. The molecule has 1 fully saturated rings. The third kappa shape index (κ3) is 3.76. The normalized spacial score (nSPS) is 17.8. The second-order valence-corrected chi connectivity index (χ2v) is 6.31. The van der Waals surface area contributed by atoms with Crippen LogP contribution in [-0.2, 0) is 9.53 Å². The van der Waals surface area contributed by atoms with Gasteiger partial charge in [0.2, 0.25) is 0 Å². The maximum Gasteiger partial charge on any atom is 0.326 e. The van der Waals surface area contributed by atoms with Gasteiger partial charge < -0.3 is 9.15 Å². The number of nitrogens with zero attached hydrogens (tertiary/aromatic N) is 1. The number of ether oxygens (including phenoxy) is 1. The van der Waals surface area contributed by atoms with Crippen molar-refractivity contribution in [2.75, 3.05) is 12.4 Å². The van der Waals surface area contributed by atoms with E-state index in [1.165, 1.54) is 11.8 Å². The highest BCUT2D eigenvalue weighted by atomic mass is 32.2. The Morgan fingerprint density at radius 3 is 2.75 bits per heavy atom. The molecular weight excluding hydrogens is 276 g/mol. The number of carbonyl (C=O) groups excluding carboxylic acids is 1. The van der Waals surface area contributed by atoms with E-state index >= 15 is 0 Å². The summed E-state index contributed by atoms with van der Waals surface area (Å²) in [5.74, 6) is 1.15. The number of thioether (sulfide) groups is 1. The Hall–Kier alpha value is -1.01. The van der Waals surface area contributed by atoms with E-state index in [1.54, 1.807) is 0 Å². The summed E-state index contributed by atoms with van der Waals surface area (Å²) >= 11 is 1.45. The molecule has 0 amide bonds. The highest BCUT2D eigenvalue weighted by molar-refractivity contribution is 7.99. The van der Waals surface area contributed by atoms with E-state index in [2.05, 4.69) is 10.3 Å². The third-order valence-corrected chi connectivity index (χ3v) is 4.46. The Morgan fingerprint density at radius 1 is 1.55 bits per heavy atom. The smallest absolute Gasteiger partial charge is 0.326 e. The van der Waals surface area contributed by atoms with Gasteiger partial charge in [-0.15, -0.1) is 0 Å². The lowest BCUT2D eigenvalue weighted by atomic mass is 10.1. The highest BCUT2D eigenvalue weighted by Crippen LogP contribution is 2.28. The average molecular weight is 298 g/mol. The number of nitrogens with one attached hydrogen (secondary N) is 1. The predicted molar refractivity (Wildman–Crippen MR) is 77.9 cm³/mol. The molecule has 1 heterocycles. The fourth-order valence-corrected chi connectivity index (χ4v) is 2.84. The molecule has 1 unspecified atom stereocenters. The standard InChI is InChI=1S/C14H22N2O3S/c1-5-18-12(17)14(4,16-11-6-7-11)8-20-13-15-9(2)10(3)19-13/h11,16H,5-8H2,1-4H3. The lowest BCUT2D eigenvalue weighted by Crippen LogP contribution is -2.53. The van der Waals surface area contributed by atoms with Crippen LogP contribution in [0.3, 0.4) is 0 Å². The summed E-state index contributed by atoms with van der Waals surface area (Å²) in [5.41, 5.74) is 0.193. The number of aromatic nitrogens is 1. The van der Waals surface area contributed by atoms with Crippen molar-refractivity contribution < 1.29 is 13.9 Å². The van der Waals surface area contributed by atoms with E-state index in [-0.39, 0.29) is 5.97 Å². The van der Waals surface area contributed by atoms with Crippen LogP contribution in [0.2, 0.25) is 0 Å². The van der Waals surface area contributed by atoms with Crippen LogP contribution >= 0.6 is 11.8 Å². The average Bonchev–Trinajstić information content (AvgIpc) is 3.13. The van der Waals surface area contributed by atoms with Crippen LogP contribution in [0.15, 0.2) is 9.64 Å². The number of hydrogen-bond donors (Lipinski definition) is 1. The Kier molecular flexibility index (Phi) is 4.75. The fourth-order valence-electron chi connectivity index (χ4n) is 1.84. The van der Waals surface area contributed by atoms with Gasteiger partial charge in [0.15, 0.2) is 0 Å². The van der Waals surface area contributed by atoms with Gasteiger partial charge in [0.05, 0.1) is 12.3 Å². The first-order valence-corrected chi connectivity index (χ1v) is 7.95. The molecule has 0 saturated heterocycles. The maximum atomic E-state index is 12.2. The Bertz CT molecular complexity index is 465. The number of carbonyl (C=O) groups is 1. The molecule has 112 valence electrons. The third-order valence-electron chi connectivity index (χ3n) is 3.32. The van der Waals surface area contributed by atoms with Gasteiger partial charge >= 0.3 is 5.97 Å². The topological polar surface area (TPSA) is 64.4 Å². The largest absolute Gasteiger partial charge is 0.465 e. The molecule has 0 aromatic carbocycles. The number of aryl methyl sites for hydroxylation is 2. The number of hydrogen-bond acceptors (Lipinski definition) is 6. The maximum absolute atomic E-state index is 12.2. The number of esters is 1. The van der Waals surface area contributed by atoms with Crippen LogP contribution in [0.5, 0.6) is 0 Å². The first-order valence-electron chi connectivity index (χ1n) is 6.96. The van der Waals surface area contributed by atoms with Crippen LogP contribution in [0.1, 0.15) is 38.1 Å². The second-order valence-electron chi connectivity index (χ2n) is 5.38. The molecule has 0 bridgehead atoms. The zero-order chi connectivity index (χ0) is 14.8. The molecule has 0 spiro atoms. The molecule has 1 atom stereocenters. The summed E-state index contributed by atoms with van der Waals surface area (Å²) < 4.78 is 10.7. The minimum Gasteiger partial charge on any atom is -0.465 e. The lowest BCUT2D eigenvalue weighted by Gasteiger charge is -2.27. The van der Waals surface area contributed by atoms with Crippen LogP contribution in [0.25, 0.3) is 0 Å². The van der Waals surface area contributed by atoms with Crippen molar-refractivity contribution in [1.82, 2.24) is 10.3 Å². The molecule has 1 saturated carbocycles. The van der Waals surface area contributed by atoms with E-state index in [0.29, 0.717) is 23.6 Å². The molecule has 1 aliphatic carbocycles. The highest BCUT2D eigenvalue weighted by Gasteiger charge is 2.40. The summed E-state index contributed by atoms with van der Waals surface area (Å²) in [5, 5.41) is 3.98. The van der Waals surface area contributed by atoms with Crippen molar-refractivity contribution in [2.45, 2.75) is 57.3 Å². The van der Waals surface area contributed by atoms with Gasteiger partial charge in [0.25, 0.3) is 5.22 Å². The molecule has 0 radical (unpaired) electrons. The van der Waals surface area contributed by atoms with Crippen molar-refractivity contribution in [3.63, 3.8) is 0 Å². The molecular formula is C14H22N2O3S. The van der Waals surface area contributed by atoms with Gasteiger partial charge in [0.1, 0.15) is 11.3 Å². The molecule has 1 aromatic rings. The van der Waals surface area contributed by atoms with Gasteiger partial charge in [-0.05, 0) is 40.5 Å². The molecule has 6 heteroatoms. The Labute approximate surface area is 123 Å². The minimum absolute atomic E-state index is 0.209. The monoisotopic (exact) mass is 298 g/mol. The van der Waals surface area contributed by atoms with Gasteiger partial charge in [-0.1, -0.05) is 11.8 Å². The molecule has 20 heavy (non-hydrogen) atoms. The van der Waals surface area contributed by atoms with Crippen molar-refractivity contribution in [2.24, 2.45) is 0 Å². The Balaban J connectivity index is 2.00. The molecule has 1 aromatic heterocycles. The summed E-state index contributed by atoms with van der Waals surface area (Å²) in [6.07, 6.45) is 2.24. The number of rotatable bonds is 7.